The van der Waals surface area contributed by atoms with Crippen molar-refractivity contribution in [2.75, 3.05) is 0 Å². The zero-order chi connectivity index (χ0) is 8.55. The highest BCUT2D eigenvalue weighted by atomic mass is 16.2. The molecule has 2 heterocycles. The number of nitrogens with zero attached hydrogens (tertiary/aromatic N) is 3. The maximum atomic E-state index is 11.0. The van der Waals surface area contributed by atoms with Gasteiger partial charge in [0.25, 0.3) is 0 Å². The number of hydrogen-bond acceptors (Lipinski definition) is 3. The zero-order valence-corrected chi connectivity index (χ0v) is 5.74. The van der Waals surface area contributed by atoms with Crippen molar-refractivity contribution in [3.05, 3.63) is 31.7 Å². The first-order chi connectivity index (χ1) is 5.77. The van der Waals surface area contributed by atoms with Gasteiger partial charge in [-0.15, -0.1) is 0 Å². The van der Waals surface area contributed by atoms with E-state index in [0.29, 0.717) is 0 Å². The van der Waals surface area contributed by atoms with Gasteiger partial charge in [-0.2, -0.15) is 4.98 Å². The van der Waals surface area contributed by atoms with E-state index < -0.39 is 11.2 Å². The van der Waals surface area contributed by atoms with Gasteiger partial charge in [-0.05, 0) is 4.99 Å². The largest absolute Gasteiger partial charge is 0.504 e. The molecule has 2 N–H and O–H groups in total. The fourth-order valence-corrected chi connectivity index (χ4v) is 0.827. The third-order valence-corrected chi connectivity index (χ3v) is 1.29. The van der Waals surface area contributed by atoms with E-state index >= 15 is 0 Å². The van der Waals surface area contributed by atoms with Crippen LogP contribution in [0.5, 0.6) is 0 Å². The molecule has 0 amide bonds. The van der Waals surface area contributed by atoms with Crippen molar-refractivity contribution < 1.29 is 9.58 Å². The minimum atomic E-state index is -0.616. The minimum Gasteiger partial charge on any atom is -0.264 e. The molecular formula is C5H3N5O2+2. The molecule has 0 atom stereocenters. The molecule has 0 aromatic carbocycles. The topological polar surface area (TPSA) is 106 Å². The molecule has 7 nitrogen and oxygen atoms in total. The zero-order valence-electron chi connectivity index (χ0n) is 5.74. The molecule has 0 saturated heterocycles. The van der Waals surface area contributed by atoms with Crippen LogP contribution in [0.1, 0.15) is 0 Å². The molecule has 1 aliphatic rings. The molecular weight excluding hydrogens is 162 g/mol. The van der Waals surface area contributed by atoms with Crippen molar-refractivity contribution >= 4 is 6.34 Å². The molecule has 0 bridgehead atoms. The van der Waals surface area contributed by atoms with Gasteiger partial charge in [0.15, 0.2) is 0 Å². The van der Waals surface area contributed by atoms with E-state index in [1.54, 1.807) is 0 Å². The summed E-state index contributed by atoms with van der Waals surface area (Å²) in [5, 5.41) is 0.0737. The fraction of sp³-hybridized carbons (Fsp3) is 0. The smallest absolute Gasteiger partial charge is 0.264 e. The van der Waals surface area contributed by atoms with Gasteiger partial charge in [-0.1, -0.05) is 0 Å². The van der Waals surface area contributed by atoms with Crippen molar-refractivity contribution in [2.45, 2.75) is 0 Å². The monoisotopic (exact) mass is 165 g/mol. The van der Waals surface area contributed by atoms with Crippen molar-refractivity contribution in [3.8, 4) is 0 Å². The number of fused-ring (bicyclic) bond motifs is 1. The van der Waals surface area contributed by atoms with Crippen molar-refractivity contribution in [3.63, 3.8) is 0 Å². The Hall–Kier alpha value is -2.23. The molecule has 1 aromatic heterocycles. The molecule has 0 fully saturated rings. The molecule has 58 valence electrons. The molecule has 12 heavy (non-hydrogen) atoms. The Morgan fingerprint density at radius 1 is 1.33 bits per heavy atom. The van der Waals surface area contributed by atoms with Crippen LogP contribution in [0.4, 0.5) is 0 Å². The Morgan fingerprint density at radius 3 is 3.00 bits per heavy atom. The van der Waals surface area contributed by atoms with E-state index in [9.17, 15) is 9.59 Å². The summed E-state index contributed by atoms with van der Waals surface area (Å²) in [7, 11) is 0. The van der Waals surface area contributed by atoms with Crippen LogP contribution in [0.15, 0.2) is 14.6 Å². The predicted molar refractivity (Wildman–Crippen MR) is 34.2 cm³/mol. The molecule has 0 aliphatic carbocycles. The molecule has 0 spiro atoms. The second kappa shape index (κ2) is 2.13. The molecule has 2 rings (SSSR count). The third kappa shape index (κ3) is 0.826. The van der Waals surface area contributed by atoms with Gasteiger partial charge in [-0.25, -0.2) is 9.78 Å². The summed E-state index contributed by atoms with van der Waals surface area (Å²) >= 11 is 0. The highest BCUT2D eigenvalue weighted by molar-refractivity contribution is 5.47. The van der Waals surface area contributed by atoms with E-state index in [0.717, 1.165) is 6.34 Å². The van der Waals surface area contributed by atoms with Gasteiger partial charge in [0.05, 0.1) is 9.58 Å². The Kier molecular flexibility index (Phi) is 1.15. The number of aromatic nitrogens is 2. The number of hydrogen-bond donors (Lipinski definition) is 2. The Bertz CT molecular complexity index is 623. The van der Waals surface area contributed by atoms with Gasteiger partial charge >= 0.3 is 28.4 Å². The lowest BCUT2D eigenvalue weighted by molar-refractivity contribution is -0.573. The quantitative estimate of drug-likeness (QED) is 0.385. The summed E-state index contributed by atoms with van der Waals surface area (Å²) in [4.78, 5) is 36.6. The van der Waals surface area contributed by atoms with Gasteiger partial charge in [0.1, 0.15) is 0 Å². The van der Waals surface area contributed by atoms with Gasteiger partial charge in [-0.3, -0.25) is 4.79 Å². The summed E-state index contributed by atoms with van der Waals surface area (Å²) in [5.74, 6) is 0. The average Bonchev–Trinajstić information content (AvgIpc) is 2.04. The standard InChI is InChI=1S/C5HN5O2/c11-4-2-3(8-5(12)9-4)10-7-1-6-2/h1H/p+2. The van der Waals surface area contributed by atoms with Crippen LogP contribution in [0.3, 0.4) is 0 Å². The lowest BCUT2D eigenvalue weighted by Gasteiger charge is -1.70. The first kappa shape index (κ1) is 6.48. The van der Waals surface area contributed by atoms with Crippen LogP contribution < -0.4 is 22.1 Å². The van der Waals surface area contributed by atoms with Crippen LogP contribution >= 0.6 is 0 Å². The molecule has 0 radical (unpaired) electrons. The number of H-pyrrole nitrogens is 2. The van der Waals surface area contributed by atoms with Crippen molar-refractivity contribution in [1.29, 1.82) is 0 Å². The van der Waals surface area contributed by atoms with Crippen LogP contribution in [0.25, 0.3) is 0 Å². The van der Waals surface area contributed by atoms with Crippen LogP contribution in [0.2, 0.25) is 0 Å². The Balaban J connectivity index is 3.29. The minimum absolute atomic E-state index is 0.0737. The summed E-state index contributed by atoms with van der Waals surface area (Å²) in [5.41, 5.74) is -1.09. The Labute approximate surface area is 63.6 Å². The molecule has 0 unspecified atom stereocenters. The molecule has 7 heteroatoms. The summed E-state index contributed by atoms with van der Waals surface area (Å²) in [6.07, 6.45) is 1.13. The first-order valence-corrected chi connectivity index (χ1v) is 3.07. The van der Waals surface area contributed by atoms with E-state index in [1.807, 2.05) is 4.98 Å². The predicted octanol–water partition coefficient (Wildman–Crippen LogP) is -3.79. The lowest BCUT2D eigenvalue weighted by atomic mass is 10.6. The highest BCUT2D eigenvalue weighted by Gasteiger charge is 2.13. The normalized spacial score (nSPS) is 11.7. The van der Waals surface area contributed by atoms with Crippen LogP contribution in [0, 0.1) is 0 Å². The van der Waals surface area contributed by atoms with E-state index in [1.165, 1.54) is 0 Å². The van der Waals surface area contributed by atoms with Gasteiger partial charge < -0.3 is 0 Å². The number of nitrogens with one attached hydrogen (secondary N) is 2. The number of aromatic amines is 2. The lowest BCUT2D eigenvalue weighted by Crippen LogP contribution is -2.50. The average molecular weight is 165 g/mol. The second-order valence-corrected chi connectivity index (χ2v) is 2.07. The fourth-order valence-electron chi connectivity index (χ4n) is 0.827. The second-order valence-electron chi connectivity index (χ2n) is 2.07. The first-order valence-electron chi connectivity index (χ1n) is 3.07. The summed E-state index contributed by atoms with van der Waals surface area (Å²) < 4.78 is 0. The van der Waals surface area contributed by atoms with E-state index in [2.05, 4.69) is 19.6 Å². The van der Waals surface area contributed by atoms with Crippen molar-refractivity contribution in [2.24, 2.45) is 4.99 Å². The van der Waals surface area contributed by atoms with Gasteiger partial charge in [0, 0.05) is 0 Å². The maximum Gasteiger partial charge on any atom is 0.504 e. The Morgan fingerprint density at radius 2 is 2.17 bits per heavy atom. The van der Waals surface area contributed by atoms with Gasteiger partial charge in [0.2, 0.25) is 0 Å². The molecule has 1 aliphatic heterocycles. The SMILES string of the molecule is O=c1[nH]c(=O)c2c([nH]1)=[N+]=[N+]=CN=2. The van der Waals surface area contributed by atoms with E-state index in [-0.39, 0.29) is 10.8 Å². The summed E-state index contributed by atoms with van der Waals surface area (Å²) in [6, 6.07) is 0. The van der Waals surface area contributed by atoms with Crippen molar-refractivity contribution in [1.82, 2.24) is 9.97 Å². The van der Waals surface area contributed by atoms with E-state index in [4.69, 9.17) is 0 Å². The third-order valence-electron chi connectivity index (χ3n) is 1.29. The summed E-state index contributed by atoms with van der Waals surface area (Å²) in [6.45, 7) is 0. The highest BCUT2D eigenvalue weighted by Crippen LogP contribution is 1.44. The number of rotatable bonds is 0. The maximum absolute atomic E-state index is 11.0. The molecule has 0 saturated carbocycles. The van der Waals surface area contributed by atoms with Crippen LogP contribution in [-0.4, -0.2) is 25.9 Å². The van der Waals surface area contributed by atoms with Crippen LogP contribution in [-0.2, 0) is 0 Å². The molecule has 1 aromatic rings.